The molecule has 6 aromatic rings. The van der Waals surface area contributed by atoms with Crippen LogP contribution in [-0.2, 0) is 0 Å². The zero-order chi connectivity index (χ0) is 18.5. The van der Waals surface area contributed by atoms with Crippen molar-refractivity contribution in [2.75, 3.05) is 0 Å². The fourth-order valence-electron chi connectivity index (χ4n) is 3.80. The fourth-order valence-corrected chi connectivity index (χ4v) is 3.80. The lowest BCUT2D eigenvalue weighted by Crippen LogP contribution is -1.90. The van der Waals surface area contributed by atoms with E-state index >= 15 is 0 Å². The molecule has 0 aliphatic heterocycles. The molecule has 0 aliphatic carbocycles. The first-order valence-electron chi connectivity index (χ1n) is 9.05. The van der Waals surface area contributed by atoms with Crippen molar-refractivity contribution in [2.24, 2.45) is 0 Å². The van der Waals surface area contributed by atoms with Gasteiger partial charge >= 0.3 is 0 Å². The van der Waals surface area contributed by atoms with Gasteiger partial charge in [-0.05, 0) is 45.8 Å². The molecule has 4 aromatic heterocycles. The number of nitrogens with zero attached hydrogens (tertiary/aromatic N) is 4. The Morgan fingerprint density at radius 2 is 1.25 bits per heavy atom. The molecular formula is C24H13N4. The summed E-state index contributed by atoms with van der Waals surface area (Å²) in [5.41, 5.74) is 1.66. The van der Waals surface area contributed by atoms with E-state index in [-0.39, 0.29) is 0 Å². The van der Waals surface area contributed by atoms with Crippen molar-refractivity contribution in [1.82, 2.24) is 19.9 Å². The summed E-state index contributed by atoms with van der Waals surface area (Å²) in [6.45, 7) is 0. The molecule has 4 heterocycles. The van der Waals surface area contributed by atoms with Crippen molar-refractivity contribution in [2.45, 2.75) is 0 Å². The maximum Gasteiger partial charge on any atom is 0.0985 e. The third kappa shape index (κ3) is 2.25. The Morgan fingerprint density at radius 1 is 0.571 bits per heavy atom. The standard InChI is InChI=1S/C24H13N4/c1-3-17-11-25-7-5-19(17)21-13-27-23(9-15(1)21)24-10-16-2-4-18-12-26-8-6-20(18)22(16)14-28-24/h1-13H. The van der Waals surface area contributed by atoms with Gasteiger partial charge in [0.2, 0.25) is 0 Å². The Hall–Kier alpha value is -3.92. The second-order valence-corrected chi connectivity index (χ2v) is 6.83. The molecule has 0 bridgehead atoms. The minimum Gasteiger partial charge on any atom is -0.264 e. The lowest BCUT2D eigenvalue weighted by molar-refractivity contribution is 1.27. The Bertz CT molecular complexity index is 1400. The molecule has 4 heteroatoms. The van der Waals surface area contributed by atoms with Crippen molar-refractivity contribution >= 4 is 43.1 Å². The largest absolute Gasteiger partial charge is 0.264 e. The highest BCUT2D eigenvalue weighted by molar-refractivity contribution is 6.08. The number of hydrogen-bond acceptors (Lipinski definition) is 4. The molecular weight excluding hydrogens is 344 g/mol. The van der Waals surface area contributed by atoms with Crippen LogP contribution in [0.4, 0.5) is 0 Å². The van der Waals surface area contributed by atoms with E-state index in [2.05, 4.69) is 62.5 Å². The second-order valence-electron chi connectivity index (χ2n) is 6.83. The van der Waals surface area contributed by atoms with Crippen LogP contribution >= 0.6 is 0 Å². The maximum atomic E-state index is 4.68. The van der Waals surface area contributed by atoms with Crippen molar-refractivity contribution in [1.29, 1.82) is 0 Å². The smallest absolute Gasteiger partial charge is 0.0985 e. The summed E-state index contributed by atoms with van der Waals surface area (Å²) in [5.74, 6) is 0. The summed E-state index contributed by atoms with van der Waals surface area (Å²) in [4.78, 5) is 17.6. The van der Waals surface area contributed by atoms with Gasteiger partial charge in [-0.1, -0.05) is 24.3 Å². The summed E-state index contributed by atoms with van der Waals surface area (Å²) >= 11 is 0. The van der Waals surface area contributed by atoms with Gasteiger partial charge in [0.05, 0.1) is 17.6 Å². The number of aromatic nitrogens is 4. The Labute approximate surface area is 160 Å². The van der Waals surface area contributed by atoms with Crippen LogP contribution < -0.4 is 0 Å². The number of fused-ring (bicyclic) bond motifs is 6. The number of rotatable bonds is 1. The highest BCUT2D eigenvalue weighted by Gasteiger charge is 2.08. The van der Waals surface area contributed by atoms with E-state index in [1.807, 2.05) is 36.9 Å². The van der Waals surface area contributed by atoms with Gasteiger partial charge in [-0.3, -0.25) is 15.0 Å². The first-order valence-corrected chi connectivity index (χ1v) is 9.05. The van der Waals surface area contributed by atoms with Crippen molar-refractivity contribution in [3.8, 4) is 11.4 Å². The van der Waals surface area contributed by atoms with E-state index in [1.54, 1.807) is 6.20 Å². The summed E-state index contributed by atoms with van der Waals surface area (Å²) in [7, 11) is 0. The minimum atomic E-state index is 0.817. The van der Waals surface area contributed by atoms with E-state index in [1.165, 1.54) is 0 Å². The topological polar surface area (TPSA) is 51.6 Å². The van der Waals surface area contributed by atoms with E-state index in [0.717, 1.165) is 54.5 Å². The van der Waals surface area contributed by atoms with Crippen LogP contribution in [0.1, 0.15) is 0 Å². The number of benzene rings is 2. The van der Waals surface area contributed by atoms with Crippen molar-refractivity contribution < 1.29 is 0 Å². The summed E-state index contributed by atoms with van der Waals surface area (Å²) in [5, 5.41) is 8.82. The zero-order valence-electron chi connectivity index (χ0n) is 14.8. The maximum absolute atomic E-state index is 4.68. The molecule has 0 saturated carbocycles. The first kappa shape index (κ1) is 15.2. The molecule has 129 valence electrons. The van der Waals surface area contributed by atoms with Gasteiger partial charge in [0.25, 0.3) is 0 Å². The molecule has 0 aliphatic rings. The molecule has 1 radical (unpaired) electrons. The monoisotopic (exact) mass is 357 g/mol. The quantitative estimate of drug-likeness (QED) is 0.372. The Balaban J connectivity index is 1.55. The van der Waals surface area contributed by atoms with Gasteiger partial charge in [0, 0.05) is 52.5 Å². The molecule has 0 amide bonds. The van der Waals surface area contributed by atoms with Crippen LogP contribution in [0, 0.1) is 6.20 Å². The predicted molar refractivity (Wildman–Crippen MR) is 112 cm³/mol. The highest BCUT2D eigenvalue weighted by Crippen LogP contribution is 2.29. The summed E-state index contributed by atoms with van der Waals surface area (Å²) in [6.07, 6.45) is 12.5. The molecule has 0 atom stereocenters. The molecule has 28 heavy (non-hydrogen) atoms. The summed E-state index contributed by atoms with van der Waals surface area (Å²) in [6, 6.07) is 16.6. The molecule has 0 N–H and O–H groups in total. The molecule has 0 fully saturated rings. The van der Waals surface area contributed by atoms with Gasteiger partial charge in [-0.2, -0.15) is 0 Å². The molecule has 0 spiro atoms. The molecule has 4 nitrogen and oxygen atoms in total. The molecule has 6 rings (SSSR count). The Morgan fingerprint density at radius 3 is 2.11 bits per heavy atom. The van der Waals surface area contributed by atoms with Gasteiger partial charge < -0.3 is 0 Å². The minimum absolute atomic E-state index is 0.817. The molecule has 2 aromatic carbocycles. The SMILES string of the molecule is [c]1nc(-c2cc3ccc4cnccc4c3cn2)cc2ccc3cnccc3c12. The third-order valence-electron chi connectivity index (χ3n) is 5.22. The van der Waals surface area contributed by atoms with Gasteiger partial charge in [-0.15, -0.1) is 0 Å². The van der Waals surface area contributed by atoms with Crippen molar-refractivity contribution in [3.05, 3.63) is 85.7 Å². The van der Waals surface area contributed by atoms with Crippen LogP contribution in [0.2, 0.25) is 0 Å². The zero-order valence-corrected chi connectivity index (χ0v) is 14.8. The van der Waals surface area contributed by atoms with Crippen molar-refractivity contribution in [3.63, 3.8) is 0 Å². The molecule has 0 saturated heterocycles. The highest BCUT2D eigenvalue weighted by atomic mass is 14.8. The Kier molecular flexibility index (Phi) is 3.14. The van der Waals surface area contributed by atoms with E-state index < -0.39 is 0 Å². The third-order valence-corrected chi connectivity index (χ3v) is 5.22. The lowest BCUT2D eigenvalue weighted by atomic mass is 10.0. The average Bonchev–Trinajstić information content (AvgIpc) is 2.78. The van der Waals surface area contributed by atoms with Crippen LogP contribution in [-0.4, -0.2) is 19.9 Å². The number of pyridine rings is 4. The van der Waals surface area contributed by atoms with E-state index in [4.69, 9.17) is 0 Å². The summed E-state index contributed by atoms with van der Waals surface area (Å²) < 4.78 is 0. The van der Waals surface area contributed by atoms with Crippen LogP contribution in [0.25, 0.3) is 54.5 Å². The lowest BCUT2D eigenvalue weighted by Gasteiger charge is -2.07. The predicted octanol–water partition coefficient (Wildman–Crippen LogP) is 5.35. The van der Waals surface area contributed by atoms with Gasteiger partial charge in [0.1, 0.15) is 0 Å². The fraction of sp³-hybridized carbons (Fsp3) is 0. The molecule has 0 unspecified atom stereocenters. The number of hydrogen-bond donors (Lipinski definition) is 0. The van der Waals surface area contributed by atoms with Crippen LogP contribution in [0.15, 0.2) is 79.5 Å². The van der Waals surface area contributed by atoms with Crippen LogP contribution in [0.5, 0.6) is 0 Å². The van der Waals surface area contributed by atoms with Gasteiger partial charge in [-0.25, -0.2) is 4.98 Å². The second kappa shape index (κ2) is 5.79. The van der Waals surface area contributed by atoms with E-state index in [0.29, 0.717) is 0 Å². The average molecular weight is 357 g/mol. The first-order chi connectivity index (χ1) is 13.9. The van der Waals surface area contributed by atoms with Gasteiger partial charge in [0.15, 0.2) is 0 Å². The normalized spacial score (nSPS) is 11.6. The van der Waals surface area contributed by atoms with Crippen LogP contribution in [0.3, 0.4) is 0 Å². The van der Waals surface area contributed by atoms with E-state index in [9.17, 15) is 0 Å².